The minimum Gasteiger partial charge on any atom is -0.496 e. The molecular formula is C25H24N4O5S. The molecule has 3 aromatic heterocycles. The van der Waals surface area contributed by atoms with Crippen LogP contribution in [0, 0.1) is 0 Å². The SMILES string of the molecule is COc1cc2c(cc1-c1ccn(C)c1)-c1c(c(C(=O)NC3(CO)COC3)nn1-c1ccsc1)CO2. The van der Waals surface area contributed by atoms with Crippen molar-refractivity contribution in [2.75, 3.05) is 26.9 Å². The lowest BCUT2D eigenvalue weighted by atomic mass is 9.96. The number of aromatic nitrogens is 3. The third-order valence-electron chi connectivity index (χ3n) is 6.46. The van der Waals surface area contributed by atoms with Gasteiger partial charge in [-0.15, -0.1) is 0 Å². The number of methoxy groups -OCH3 is 1. The van der Waals surface area contributed by atoms with Gasteiger partial charge in [-0.2, -0.15) is 16.4 Å². The van der Waals surface area contributed by atoms with Gasteiger partial charge in [-0.05, 0) is 23.6 Å². The van der Waals surface area contributed by atoms with Gasteiger partial charge >= 0.3 is 0 Å². The summed E-state index contributed by atoms with van der Waals surface area (Å²) in [5.41, 5.74) is 4.60. The molecule has 9 nitrogen and oxygen atoms in total. The third-order valence-corrected chi connectivity index (χ3v) is 7.13. The second-order valence-corrected chi connectivity index (χ2v) is 9.64. The summed E-state index contributed by atoms with van der Waals surface area (Å²) >= 11 is 1.55. The summed E-state index contributed by atoms with van der Waals surface area (Å²) in [6.07, 6.45) is 4.01. The lowest BCUT2D eigenvalue weighted by Crippen LogP contribution is -2.64. The van der Waals surface area contributed by atoms with Crippen LogP contribution in [0.15, 0.2) is 47.4 Å². The Labute approximate surface area is 205 Å². The molecule has 1 aromatic carbocycles. The molecule has 4 aromatic rings. The van der Waals surface area contributed by atoms with E-state index in [0.29, 0.717) is 17.1 Å². The summed E-state index contributed by atoms with van der Waals surface area (Å²) in [5.74, 6) is 1.00. The van der Waals surface area contributed by atoms with E-state index in [1.54, 1.807) is 23.1 Å². The molecule has 2 aliphatic heterocycles. The highest BCUT2D eigenvalue weighted by atomic mass is 32.1. The number of carbonyl (C=O) groups is 1. The fraction of sp³-hybridized carbons (Fsp3) is 0.280. The number of aliphatic hydroxyl groups excluding tert-OH is 1. The average molecular weight is 493 g/mol. The number of benzene rings is 1. The number of hydrogen-bond donors (Lipinski definition) is 2. The van der Waals surface area contributed by atoms with Crippen LogP contribution in [0.2, 0.25) is 0 Å². The van der Waals surface area contributed by atoms with Crippen LogP contribution in [-0.4, -0.2) is 57.8 Å². The summed E-state index contributed by atoms with van der Waals surface area (Å²) in [6, 6.07) is 7.91. The van der Waals surface area contributed by atoms with Crippen molar-refractivity contribution in [1.82, 2.24) is 19.7 Å². The Morgan fingerprint density at radius 3 is 2.80 bits per heavy atom. The number of nitrogens with one attached hydrogen (secondary N) is 1. The molecule has 2 N–H and O–H groups in total. The Morgan fingerprint density at radius 2 is 2.17 bits per heavy atom. The van der Waals surface area contributed by atoms with Gasteiger partial charge in [0.25, 0.3) is 5.91 Å². The Balaban J connectivity index is 1.52. The zero-order valence-corrected chi connectivity index (χ0v) is 20.1. The lowest BCUT2D eigenvalue weighted by molar-refractivity contribution is -0.0920. The molecule has 2 aliphatic rings. The van der Waals surface area contributed by atoms with E-state index in [9.17, 15) is 9.90 Å². The predicted molar refractivity (Wildman–Crippen MR) is 130 cm³/mol. The summed E-state index contributed by atoms with van der Waals surface area (Å²) in [5, 5.41) is 21.4. The second kappa shape index (κ2) is 8.26. The maximum atomic E-state index is 13.3. The van der Waals surface area contributed by atoms with Crippen LogP contribution < -0.4 is 14.8 Å². The van der Waals surface area contributed by atoms with Crippen molar-refractivity contribution in [3.05, 3.63) is 58.7 Å². The van der Waals surface area contributed by atoms with Gasteiger partial charge in [0.2, 0.25) is 0 Å². The number of aliphatic hydroxyl groups is 1. The molecule has 1 amide bonds. The molecule has 0 aliphatic carbocycles. The second-order valence-electron chi connectivity index (χ2n) is 8.86. The summed E-state index contributed by atoms with van der Waals surface area (Å²) < 4.78 is 20.8. The highest BCUT2D eigenvalue weighted by molar-refractivity contribution is 7.08. The van der Waals surface area contributed by atoms with E-state index in [-0.39, 0.29) is 38.0 Å². The number of hydrogen-bond acceptors (Lipinski definition) is 7. The molecule has 5 heterocycles. The van der Waals surface area contributed by atoms with Gasteiger partial charge in [-0.1, -0.05) is 0 Å². The van der Waals surface area contributed by atoms with Gasteiger partial charge in [0.05, 0.1) is 38.3 Å². The number of carbonyl (C=O) groups excluding carboxylic acids is 1. The Kier molecular flexibility index (Phi) is 5.17. The van der Waals surface area contributed by atoms with Gasteiger partial charge in [-0.25, -0.2) is 4.68 Å². The molecule has 0 bridgehead atoms. The fourth-order valence-corrected chi connectivity index (χ4v) is 5.15. The fourth-order valence-electron chi connectivity index (χ4n) is 4.53. The molecule has 0 atom stereocenters. The number of thiophene rings is 1. The van der Waals surface area contributed by atoms with Crippen LogP contribution in [0.3, 0.4) is 0 Å². The van der Waals surface area contributed by atoms with Gasteiger partial charge in [0, 0.05) is 53.1 Å². The first-order chi connectivity index (χ1) is 17.0. The first-order valence-corrected chi connectivity index (χ1v) is 12.1. The van der Waals surface area contributed by atoms with Crippen LogP contribution >= 0.6 is 11.3 Å². The van der Waals surface area contributed by atoms with E-state index in [1.165, 1.54) is 0 Å². The van der Waals surface area contributed by atoms with Gasteiger partial charge < -0.3 is 29.2 Å². The van der Waals surface area contributed by atoms with E-state index in [2.05, 4.69) is 5.32 Å². The average Bonchev–Trinajstić information content (AvgIpc) is 3.59. The molecule has 0 radical (unpaired) electrons. The van der Waals surface area contributed by atoms with E-state index in [4.69, 9.17) is 19.3 Å². The number of aryl methyl sites for hydroxylation is 1. The van der Waals surface area contributed by atoms with Gasteiger partial charge in [0.1, 0.15) is 23.6 Å². The number of fused-ring (bicyclic) bond motifs is 3. The molecule has 35 heavy (non-hydrogen) atoms. The van der Waals surface area contributed by atoms with Crippen molar-refractivity contribution in [2.45, 2.75) is 12.1 Å². The molecular weight excluding hydrogens is 468 g/mol. The van der Waals surface area contributed by atoms with Crippen molar-refractivity contribution in [1.29, 1.82) is 0 Å². The normalized spacial score (nSPS) is 15.5. The monoisotopic (exact) mass is 492 g/mol. The van der Waals surface area contributed by atoms with E-state index >= 15 is 0 Å². The molecule has 1 saturated heterocycles. The molecule has 0 spiro atoms. The van der Waals surface area contributed by atoms with E-state index in [1.807, 2.05) is 59.0 Å². The van der Waals surface area contributed by atoms with Crippen molar-refractivity contribution >= 4 is 17.2 Å². The van der Waals surface area contributed by atoms with Crippen molar-refractivity contribution < 1.29 is 24.1 Å². The topological polar surface area (TPSA) is 99.8 Å². The van der Waals surface area contributed by atoms with Crippen molar-refractivity contribution in [3.63, 3.8) is 0 Å². The van der Waals surface area contributed by atoms with Gasteiger partial charge in [0.15, 0.2) is 5.69 Å². The van der Waals surface area contributed by atoms with Crippen molar-refractivity contribution in [3.8, 4) is 39.6 Å². The number of amides is 1. The highest BCUT2D eigenvalue weighted by Gasteiger charge is 2.41. The quantitative estimate of drug-likeness (QED) is 0.429. The largest absolute Gasteiger partial charge is 0.496 e. The molecule has 1 fully saturated rings. The first-order valence-electron chi connectivity index (χ1n) is 11.1. The van der Waals surface area contributed by atoms with Crippen LogP contribution in [0.25, 0.3) is 28.1 Å². The summed E-state index contributed by atoms with van der Waals surface area (Å²) in [4.78, 5) is 13.3. The summed E-state index contributed by atoms with van der Waals surface area (Å²) in [6.45, 7) is 0.516. The van der Waals surface area contributed by atoms with Crippen LogP contribution in [0.4, 0.5) is 0 Å². The third kappa shape index (κ3) is 3.53. The van der Waals surface area contributed by atoms with E-state index < -0.39 is 5.54 Å². The molecule has 0 unspecified atom stereocenters. The first kappa shape index (κ1) is 21.9. The molecule has 180 valence electrons. The van der Waals surface area contributed by atoms with Crippen molar-refractivity contribution in [2.24, 2.45) is 7.05 Å². The maximum Gasteiger partial charge on any atom is 0.272 e. The Morgan fingerprint density at radius 1 is 1.31 bits per heavy atom. The standard InChI is InChI=1S/C25H24N4O5S/c1-28-5-3-15(9-28)17-7-18-21(8-20(17)32-2)34-10-19-22(24(31)26-25(12-30)13-33-14-25)27-29(23(18)19)16-4-6-35-11-16/h3-9,11,30H,10,12-14H2,1-2H3,(H,26,31). The van der Waals surface area contributed by atoms with E-state index in [0.717, 1.165) is 28.1 Å². The van der Waals surface area contributed by atoms with Crippen LogP contribution in [-0.2, 0) is 18.4 Å². The van der Waals surface area contributed by atoms with Crippen LogP contribution in [0.1, 0.15) is 16.1 Å². The highest BCUT2D eigenvalue weighted by Crippen LogP contribution is 2.46. The predicted octanol–water partition coefficient (Wildman–Crippen LogP) is 3.00. The number of ether oxygens (including phenoxy) is 3. The van der Waals surface area contributed by atoms with Crippen LogP contribution in [0.5, 0.6) is 11.5 Å². The molecule has 0 saturated carbocycles. The van der Waals surface area contributed by atoms with Gasteiger partial charge in [-0.3, -0.25) is 4.79 Å². The minimum absolute atomic E-state index is 0.186. The zero-order chi connectivity index (χ0) is 24.2. The minimum atomic E-state index is -0.780. The Bertz CT molecular complexity index is 1410. The maximum absolute atomic E-state index is 13.3. The zero-order valence-electron chi connectivity index (χ0n) is 19.3. The molecule has 6 rings (SSSR count). The number of rotatable bonds is 6. The summed E-state index contributed by atoms with van der Waals surface area (Å²) in [7, 11) is 3.61. The number of nitrogens with zero attached hydrogens (tertiary/aromatic N) is 3. The Hall–Kier alpha value is -3.60. The smallest absolute Gasteiger partial charge is 0.272 e. The molecule has 10 heteroatoms. The lowest BCUT2D eigenvalue weighted by Gasteiger charge is -2.40.